The van der Waals surface area contributed by atoms with E-state index in [-0.39, 0.29) is 12.8 Å². The van der Waals surface area contributed by atoms with Gasteiger partial charge >= 0.3 is 0 Å². The summed E-state index contributed by atoms with van der Waals surface area (Å²) < 4.78 is 0. The summed E-state index contributed by atoms with van der Waals surface area (Å²) in [6.07, 6.45) is 0. The Hall–Kier alpha value is -0.850. The van der Waals surface area contributed by atoms with E-state index in [1.54, 1.807) is 0 Å². The molecule has 1 aromatic rings. The third-order valence-electron chi connectivity index (χ3n) is 2.03. The fraction of sp³-hybridized carbons (Fsp3) is 0.583. The first-order valence-electron chi connectivity index (χ1n) is 4.36. The Morgan fingerprint density at radius 3 is 2.00 bits per heavy atom. The molecule has 0 aliphatic carbocycles. The van der Waals surface area contributed by atoms with Crippen molar-refractivity contribution in [3.63, 3.8) is 0 Å². The zero-order valence-electron chi connectivity index (χ0n) is 8.60. The maximum atomic E-state index is 4.44. The second-order valence-electron chi connectivity index (χ2n) is 4.34. The summed E-state index contributed by atoms with van der Waals surface area (Å²) in [5.74, 6) is 0. The van der Waals surface area contributed by atoms with E-state index >= 15 is 0 Å². The van der Waals surface area contributed by atoms with Crippen LogP contribution in [-0.2, 0) is 5.41 Å². The highest BCUT2D eigenvalue weighted by molar-refractivity contribution is 5.27. The Morgan fingerprint density at radius 1 is 1.08 bits per heavy atom. The molecule has 0 spiro atoms. The maximum absolute atomic E-state index is 4.44. The van der Waals surface area contributed by atoms with Crippen LogP contribution < -0.4 is 0 Å². The molecule has 0 amide bonds. The number of hydrogen-bond acceptors (Lipinski definition) is 1. The molecule has 0 aliphatic rings. The number of hydrogen-bond donors (Lipinski definition) is 0. The van der Waals surface area contributed by atoms with Crippen molar-refractivity contribution in [2.24, 2.45) is 0 Å². The number of aromatic nitrogens is 1. The van der Waals surface area contributed by atoms with Gasteiger partial charge in [0.25, 0.3) is 0 Å². The average molecular weight is 179 g/mol. The van der Waals surface area contributed by atoms with Gasteiger partial charge in [-0.3, -0.25) is 4.98 Å². The first-order valence-corrected chi connectivity index (χ1v) is 4.36. The van der Waals surface area contributed by atoms with Crippen molar-refractivity contribution < 1.29 is 0 Å². The summed E-state index contributed by atoms with van der Waals surface area (Å²) in [5.41, 5.74) is 3.81. The van der Waals surface area contributed by atoms with E-state index in [2.05, 4.69) is 44.8 Å². The van der Waals surface area contributed by atoms with Gasteiger partial charge in [0.05, 0.1) is 0 Å². The minimum absolute atomic E-state index is 0. The lowest BCUT2D eigenvalue weighted by atomic mass is 9.86. The summed E-state index contributed by atoms with van der Waals surface area (Å²) >= 11 is 0. The number of pyridine rings is 1. The Morgan fingerprint density at radius 2 is 1.62 bits per heavy atom. The minimum Gasteiger partial charge on any atom is -0.258 e. The Labute approximate surface area is 82.2 Å². The SMILES string of the molecule is C.Cc1ccc(C(C)(C)C)c(C)n1. The van der Waals surface area contributed by atoms with Crippen LogP contribution in [0.5, 0.6) is 0 Å². The van der Waals surface area contributed by atoms with Crippen molar-refractivity contribution >= 4 is 0 Å². The highest BCUT2D eigenvalue weighted by Gasteiger charge is 2.16. The molecule has 0 bridgehead atoms. The summed E-state index contributed by atoms with van der Waals surface area (Å²) in [6.45, 7) is 10.7. The van der Waals surface area contributed by atoms with Gasteiger partial charge in [0.1, 0.15) is 0 Å². The molecule has 0 unspecified atom stereocenters. The van der Waals surface area contributed by atoms with Crippen LogP contribution in [0.4, 0.5) is 0 Å². The van der Waals surface area contributed by atoms with E-state index < -0.39 is 0 Å². The second kappa shape index (κ2) is 3.91. The molecule has 0 N–H and O–H groups in total. The standard InChI is InChI=1S/C11H17N.CH4/c1-8-6-7-10(9(2)12-8)11(3,4)5;/h6-7H,1-5H3;1H4. The topological polar surface area (TPSA) is 12.9 Å². The smallest absolute Gasteiger partial charge is 0.0413 e. The van der Waals surface area contributed by atoms with E-state index in [0.29, 0.717) is 0 Å². The van der Waals surface area contributed by atoms with Crippen LogP contribution in [0.3, 0.4) is 0 Å². The summed E-state index contributed by atoms with van der Waals surface area (Å²) in [6, 6.07) is 4.26. The van der Waals surface area contributed by atoms with Gasteiger partial charge in [-0.2, -0.15) is 0 Å². The van der Waals surface area contributed by atoms with Gasteiger partial charge in [-0.05, 0) is 30.9 Å². The first kappa shape index (κ1) is 12.2. The molecule has 0 saturated heterocycles. The molecule has 74 valence electrons. The van der Waals surface area contributed by atoms with E-state index in [4.69, 9.17) is 0 Å². The first-order chi connectivity index (χ1) is 5.41. The maximum Gasteiger partial charge on any atom is 0.0413 e. The molecule has 1 rings (SSSR count). The van der Waals surface area contributed by atoms with Crippen molar-refractivity contribution in [3.8, 4) is 0 Å². The highest BCUT2D eigenvalue weighted by Crippen LogP contribution is 2.24. The Kier molecular flexibility index (Phi) is 3.65. The van der Waals surface area contributed by atoms with Crippen molar-refractivity contribution in [1.29, 1.82) is 0 Å². The van der Waals surface area contributed by atoms with Gasteiger partial charge in [-0.25, -0.2) is 0 Å². The lowest BCUT2D eigenvalue weighted by Crippen LogP contribution is -2.14. The van der Waals surface area contributed by atoms with Gasteiger partial charge in [0.15, 0.2) is 0 Å². The van der Waals surface area contributed by atoms with E-state index in [9.17, 15) is 0 Å². The number of aryl methyl sites for hydroxylation is 2. The zero-order chi connectivity index (χ0) is 9.35. The average Bonchev–Trinajstić information content (AvgIpc) is 1.83. The summed E-state index contributed by atoms with van der Waals surface area (Å²) in [4.78, 5) is 4.44. The largest absolute Gasteiger partial charge is 0.258 e. The van der Waals surface area contributed by atoms with Gasteiger partial charge in [-0.1, -0.05) is 34.3 Å². The molecule has 1 nitrogen and oxygen atoms in total. The lowest BCUT2D eigenvalue weighted by Gasteiger charge is -2.20. The second-order valence-corrected chi connectivity index (χ2v) is 4.34. The number of rotatable bonds is 0. The van der Waals surface area contributed by atoms with Crippen LogP contribution in [0.1, 0.15) is 45.1 Å². The third-order valence-corrected chi connectivity index (χ3v) is 2.03. The quantitative estimate of drug-likeness (QED) is 0.592. The number of nitrogens with zero attached hydrogens (tertiary/aromatic N) is 1. The Balaban J connectivity index is 0.00000144. The molecule has 1 aromatic heterocycles. The Bertz CT molecular complexity index is 282. The van der Waals surface area contributed by atoms with Crippen LogP contribution in [-0.4, -0.2) is 4.98 Å². The normalized spacial score (nSPS) is 10.8. The summed E-state index contributed by atoms with van der Waals surface area (Å²) in [7, 11) is 0. The minimum atomic E-state index is 0. The van der Waals surface area contributed by atoms with Crippen molar-refractivity contribution in [2.75, 3.05) is 0 Å². The predicted molar refractivity (Wildman–Crippen MR) is 59.1 cm³/mol. The molecule has 13 heavy (non-hydrogen) atoms. The van der Waals surface area contributed by atoms with Crippen LogP contribution >= 0.6 is 0 Å². The molecule has 0 atom stereocenters. The van der Waals surface area contributed by atoms with E-state index in [0.717, 1.165) is 11.4 Å². The van der Waals surface area contributed by atoms with Crippen LogP contribution in [0, 0.1) is 13.8 Å². The van der Waals surface area contributed by atoms with Crippen LogP contribution in [0.25, 0.3) is 0 Å². The lowest BCUT2D eigenvalue weighted by molar-refractivity contribution is 0.581. The van der Waals surface area contributed by atoms with Crippen molar-refractivity contribution in [1.82, 2.24) is 4.98 Å². The molecular weight excluding hydrogens is 158 g/mol. The van der Waals surface area contributed by atoms with Crippen LogP contribution in [0.15, 0.2) is 12.1 Å². The zero-order valence-corrected chi connectivity index (χ0v) is 8.60. The van der Waals surface area contributed by atoms with Crippen molar-refractivity contribution in [3.05, 3.63) is 29.1 Å². The third kappa shape index (κ3) is 2.83. The molecule has 0 radical (unpaired) electrons. The molecule has 0 fully saturated rings. The fourth-order valence-corrected chi connectivity index (χ4v) is 1.48. The van der Waals surface area contributed by atoms with Crippen molar-refractivity contribution in [2.45, 2.75) is 47.5 Å². The predicted octanol–water partition coefficient (Wildman–Crippen LogP) is 3.63. The molecule has 0 aliphatic heterocycles. The van der Waals surface area contributed by atoms with E-state index in [1.165, 1.54) is 5.56 Å². The fourth-order valence-electron chi connectivity index (χ4n) is 1.48. The van der Waals surface area contributed by atoms with Gasteiger partial charge in [-0.15, -0.1) is 0 Å². The van der Waals surface area contributed by atoms with Gasteiger partial charge in [0.2, 0.25) is 0 Å². The molecule has 1 heteroatoms. The van der Waals surface area contributed by atoms with E-state index in [1.807, 2.05) is 6.92 Å². The van der Waals surface area contributed by atoms with Gasteiger partial charge < -0.3 is 0 Å². The molecule has 1 heterocycles. The van der Waals surface area contributed by atoms with Crippen LogP contribution in [0.2, 0.25) is 0 Å². The highest BCUT2D eigenvalue weighted by atomic mass is 14.7. The summed E-state index contributed by atoms with van der Waals surface area (Å²) in [5, 5.41) is 0. The molecule has 0 saturated carbocycles. The molecular formula is C12H21N. The molecule has 0 aromatic carbocycles. The van der Waals surface area contributed by atoms with Gasteiger partial charge in [0, 0.05) is 11.4 Å². The monoisotopic (exact) mass is 179 g/mol.